The predicted molar refractivity (Wildman–Crippen MR) is 75.6 cm³/mol. The maximum Gasteiger partial charge on any atom is 0.295 e. The van der Waals surface area contributed by atoms with Gasteiger partial charge in [-0.25, -0.2) is 4.98 Å². The normalized spacial score (nSPS) is 23.4. The Labute approximate surface area is 113 Å². The Morgan fingerprint density at radius 1 is 1.42 bits per heavy atom. The molecule has 0 radical (unpaired) electrons. The zero-order chi connectivity index (χ0) is 13.8. The molecule has 1 aliphatic rings. The van der Waals surface area contributed by atoms with Crippen LogP contribution in [0.3, 0.4) is 0 Å². The predicted octanol–water partition coefficient (Wildman–Crippen LogP) is 2.41. The van der Waals surface area contributed by atoms with E-state index >= 15 is 0 Å². The van der Waals surface area contributed by atoms with Crippen LogP contribution < -0.4 is 15.6 Å². The van der Waals surface area contributed by atoms with Crippen LogP contribution in [0.2, 0.25) is 0 Å². The Balaban J connectivity index is 2.19. The van der Waals surface area contributed by atoms with Crippen molar-refractivity contribution in [3.63, 3.8) is 0 Å². The molecule has 2 atom stereocenters. The Hall–Kier alpha value is -1.52. The highest BCUT2D eigenvalue weighted by atomic mass is 16.5. The van der Waals surface area contributed by atoms with E-state index in [0.717, 1.165) is 6.42 Å². The molecule has 1 aromatic rings. The lowest BCUT2D eigenvalue weighted by atomic mass is 9.78. The molecule has 106 valence electrons. The van der Waals surface area contributed by atoms with Crippen molar-refractivity contribution >= 4 is 5.82 Å². The Bertz CT molecular complexity index is 470. The summed E-state index contributed by atoms with van der Waals surface area (Å²) in [5, 5.41) is 3.42. The quantitative estimate of drug-likeness (QED) is 0.877. The van der Waals surface area contributed by atoms with Gasteiger partial charge in [0.25, 0.3) is 5.56 Å². The van der Waals surface area contributed by atoms with Crippen LogP contribution in [0, 0.1) is 11.8 Å². The Morgan fingerprint density at radius 3 is 2.84 bits per heavy atom. The number of ether oxygens (including phenoxy) is 1. The largest absolute Gasteiger partial charge is 0.489 e. The van der Waals surface area contributed by atoms with Crippen LogP contribution in [0.15, 0.2) is 11.1 Å². The van der Waals surface area contributed by atoms with Crippen molar-refractivity contribution in [1.82, 2.24) is 9.97 Å². The maximum atomic E-state index is 11.7. The fourth-order valence-corrected chi connectivity index (χ4v) is 2.99. The number of hydrogen-bond donors (Lipinski definition) is 2. The van der Waals surface area contributed by atoms with Crippen molar-refractivity contribution in [3.8, 4) is 5.75 Å². The first-order chi connectivity index (χ1) is 9.13. The topological polar surface area (TPSA) is 67.0 Å². The number of aromatic nitrogens is 2. The second-order valence-corrected chi connectivity index (χ2v) is 5.56. The standard InChI is InChI=1S/C14H23N3O2/c1-9(2)10-6-4-5-7-11(10)17-13-12(19-3)14(18)16-8-15-13/h8-11H,4-7H2,1-3H3,(H2,15,16,17,18). The van der Waals surface area contributed by atoms with Crippen molar-refractivity contribution in [2.24, 2.45) is 11.8 Å². The molecule has 19 heavy (non-hydrogen) atoms. The first kappa shape index (κ1) is 13.9. The van der Waals surface area contributed by atoms with Gasteiger partial charge in [0.05, 0.1) is 13.4 Å². The molecule has 2 rings (SSSR count). The van der Waals surface area contributed by atoms with Crippen LogP contribution in [0.25, 0.3) is 0 Å². The highest BCUT2D eigenvalue weighted by Gasteiger charge is 2.28. The molecule has 0 aromatic carbocycles. The Kier molecular flexibility index (Phi) is 4.45. The van der Waals surface area contributed by atoms with Gasteiger partial charge in [-0.15, -0.1) is 0 Å². The number of aromatic amines is 1. The summed E-state index contributed by atoms with van der Waals surface area (Å²) in [5.41, 5.74) is -0.239. The molecule has 2 unspecified atom stereocenters. The Morgan fingerprint density at radius 2 is 2.16 bits per heavy atom. The zero-order valence-electron chi connectivity index (χ0n) is 11.9. The summed E-state index contributed by atoms with van der Waals surface area (Å²) in [6.45, 7) is 4.51. The van der Waals surface area contributed by atoms with E-state index in [1.165, 1.54) is 32.7 Å². The summed E-state index contributed by atoms with van der Waals surface area (Å²) in [6.07, 6.45) is 6.30. The number of rotatable bonds is 4. The van der Waals surface area contributed by atoms with Gasteiger partial charge >= 0.3 is 0 Å². The second-order valence-electron chi connectivity index (χ2n) is 5.56. The summed E-state index contributed by atoms with van der Waals surface area (Å²) >= 11 is 0. The van der Waals surface area contributed by atoms with Crippen LogP contribution in [-0.2, 0) is 0 Å². The molecular formula is C14H23N3O2. The van der Waals surface area contributed by atoms with Gasteiger partial charge in [-0.2, -0.15) is 0 Å². The van der Waals surface area contributed by atoms with Gasteiger partial charge in [0.15, 0.2) is 5.82 Å². The summed E-state index contributed by atoms with van der Waals surface area (Å²) in [7, 11) is 1.50. The number of methoxy groups -OCH3 is 1. The molecule has 1 aliphatic carbocycles. The summed E-state index contributed by atoms with van der Waals surface area (Å²) in [4.78, 5) is 18.4. The van der Waals surface area contributed by atoms with Crippen molar-refractivity contribution in [3.05, 3.63) is 16.7 Å². The van der Waals surface area contributed by atoms with Gasteiger partial charge < -0.3 is 15.0 Å². The number of hydrogen-bond acceptors (Lipinski definition) is 4. The third-order valence-corrected chi connectivity index (χ3v) is 4.01. The minimum Gasteiger partial charge on any atom is -0.489 e. The third kappa shape index (κ3) is 3.08. The van der Waals surface area contributed by atoms with Gasteiger partial charge in [-0.1, -0.05) is 26.7 Å². The molecular weight excluding hydrogens is 242 g/mol. The van der Waals surface area contributed by atoms with E-state index in [1.54, 1.807) is 0 Å². The minimum absolute atomic E-state index is 0.239. The van der Waals surface area contributed by atoms with Crippen LogP contribution in [0.5, 0.6) is 5.75 Å². The molecule has 1 heterocycles. The fourth-order valence-electron chi connectivity index (χ4n) is 2.99. The van der Waals surface area contributed by atoms with E-state index in [0.29, 0.717) is 23.7 Å². The molecule has 0 amide bonds. The number of anilines is 1. The molecule has 0 spiro atoms. The van der Waals surface area contributed by atoms with Crippen molar-refractivity contribution < 1.29 is 4.74 Å². The lowest BCUT2D eigenvalue weighted by molar-refractivity contribution is 0.253. The average Bonchev–Trinajstić information content (AvgIpc) is 2.39. The molecule has 2 N–H and O–H groups in total. The van der Waals surface area contributed by atoms with Crippen molar-refractivity contribution in [1.29, 1.82) is 0 Å². The van der Waals surface area contributed by atoms with Gasteiger partial charge in [0, 0.05) is 6.04 Å². The molecule has 1 aromatic heterocycles. The lowest BCUT2D eigenvalue weighted by Crippen LogP contribution is -2.36. The maximum absolute atomic E-state index is 11.7. The fraction of sp³-hybridized carbons (Fsp3) is 0.714. The summed E-state index contributed by atoms with van der Waals surface area (Å²) in [6, 6.07) is 0.372. The van der Waals surface area contributed by atoms with Gasteiger partial charge in [0.1, 0.15) is 0 Å². The van der Waals surface area contributed by atoms with Crippen LogP contribution in [0.1, 0.15) is 39.5 Å². The number of nitrogens with one attached hydrogen (secondary N) is 2. The summed E-state index contributed by atoms with van der Waals surface area (Å²) in [5.74, 6) is 2.09. The minimum atomic E-state index is -0.239. The average molecular weight is 265 g/mol. The molecule has 1 saturated carbocycles. The molecule has 1 fully saturated rings. The highest BCUT2D eigenvalue weighted by Crippen LogP contribution is 2.32. The third-order valence-electron chi connectivity index (χ3n) is 4.01. The first-order valence-electron chi connectivity index (χ1n) is 7.01. The van der Waals surface area contributed by atoms with Crippen molar-refractivity contribution in [2.75, 3.05) is 12.4 Å². The molecule has 5 nitrogen and oxygen atoms in total. The monoisotopic (exact) mass is 265 g/mol. The van der Waals surface area contributed by atoms with E-state index < -0.39 is 0 Å². The molecule has 0 aliphatic heterocycles. The summed E-state index contributed by atoms with van der Waals surface area (Å²) < 4.78 is 5.14. The molecule has 5 heteroatoms. The molecule has 0 saturated heterocycles. The lowest BCUT2D eigenvalue weighted by Gasteiger charge is -2.35. The van der Waals surface area contributed by atoms with Gasteiger partial charge in [0.2, 0.25) is 5.75 Å². The smallest absolute Gasteiger partial charge is 0.295 e. The van der Waals surface area contributed by atoms with E-state index in [-0.39, 0.29) is 11.3 Å². The zero-order valence-corrected chi connectivity index (χ0v) is 11.9. The van der Waals surface area contributed by atoms with Gasteiger partial charge in [-0.05, 0) is 24.7 Å². The molecule has 0 bridgehead atoms. The van der Waals surface area contributed by atoms with E-state index in [4.69, 9.17) is 4.74 Å². The van der Waals surface area contributed by atoms with Crippen molar-refractivity contribution in [2.45, 2.75) is 45.6 Å². The first-order valence-corrected chi connectivity index (χ1v) is 7.01. The number of nitrogens with zero attached hydrogens (tertiary/aromatic N) is 1. The number of H-pyrrole nitrogens is 1. The van der Waals surface area contributed by atoms with Crippen LogP contribution in [0.4, 0.5) is 5.82 Å². The van der Waals surface area contributed by atoms with E-state index in [9.17, 15) is 4.79 Å². The SMILES string of the molecule is COc1c(NC2CCCCC2C(C)C)nc[nH]c1=O. The van der Waals surface area contributed by atoms with E-state index in [2.05, 4.69) is 29.1 Å². The second kappa shape index (κ2) is 6.08. The van der Waals surface area contributed by atoms with Crippen LogP contribution >= 0.6 is 0 Å². The van der Waals surface area contributed by atoms with Crippen LogP contribution in [-0.4, -0.2) is 23.1 Å². The highest BCUT2D eigenvalue weighted by molar-refractivity contribution is 5.48. The van der Waals surface area contributed by atoms with Gasteiger partial charge in [-0.3, -0.25) is 4.79 Å². The van der Waals surface area contributed by atoms with E-state index in [1.807, 2.05) is 0 Å².